The maximum absolute atomic E-state index is 12.4. The Morgan fingerprint density at radius 1 is 1.10 bits per heavy atom. The van der Waals surface area contributed by atoms with Gasteiger partial charge in [-0.2, -0.15) is 13.2 Å². The van der Waals surface area contributed by atoms with E-state index < -0.39 is 17.6 Å². The fourth-order valence-corrected chi connectivity index (χ4v) is 2.08. The number of hydrogen-bond donors (Lipinski definition) is 1. The number of halogens is 5. The van der Waals surface area contributed by atoms with Crippen LogP contribution in [0.15, 0.2) is 46.9 Å². The normalized spacial score (nSPS) is 11.3. The van der Waals surface area contributed by atoms with Crippen LogP contribution < -0.4 is 5.32 Å². The fourth-order valence-electron chi connectivity index (χ4n) is 1.59. The summed E-state index contributed by atoms with van der Waals surface area (Å²) in [6.07, 6.45) is -4.42. The Bertz CT molecular complexity index is 671. The van der Waals surface area contributed by atoms with Gasteiger partial charge in [0.1, 0.15) is 0 Å². The van der Waals surface area contributed by atoms with E-state index in [1.54, 1.807) is 18.2 Å². The summed E-state index contributed by atoms with van der Waals surface area (Å²) in [6, 6.07) is 8.78. The van der Waals surface area contributed by atoms with Crippen molar-refractivity contribution in [1.82, 2.24) is 0 Å². The van der Waals surface area contributed by atoms with E-state index in [2.05, 4.69) is 21.2 Å². The first kappa shape index (κ1) is 15.9. The van der Waals surface area contributed by atoms with Gasteiger partial charge >= 0.3 is 6.18 Å². The van der Waals surface area contributed by atoms with E-state index in [0.717, 1.165) is 24.3 Å². The zero-order chi connectivity index (χ0) is 15.6. The van der Waals surface area contributed by atoms with Crippen LogP contribution in [0, 0.1) is 0 Å². The van der Waals surface area contributed by atoms with Gasteiger partial charge in [-0.05, 0) is 58.4 Å². The first-order valence-electron chi connectivity index (χ1n) is 5.71. The number of amides is 1. The molecule has 0 fully saturated rings. The van der Waals surface area contributed by atoms with Gasteiger partial charge in [0.25, 0.3) is 5.91 Å². The third kappa shape index (κ3) is 3.98. The van der Waals surface area contributed by atoms with Gasteiger partial charge in [-0.15, -0.1) is 0 Å². The standard InChI is InChI=1S/C14H8BrClF3NO/c15-11-7-10(5-6-12(11)16)20-13(21)8-1-3-9(4-2-8)14(17,18)19/h1-7H,(H,20,21). The van der Waals surface area contributed by atoms with Crippen molar-refractivity contribution in [3.63, 3.8) is 0 Å². The molecule has 0 aliphatic heterocycles. The topological polar surface area (TPSA) is 29.1 Å². The van der Waals surface area contributed by atoms with Crippen molar-refractivity contribution < 1.29 is 18.0 Å². The number of rotatable bonds is 2. The van der Waals surface area contributed by atoms with Gasteiger partial charge in [-0.3, -0.25) is 4.79 Å². The zero-order valence-corrected chi connectivity index (χ0v) is 12.7. The SMILES string of the molecule is O=C(Nc1ccc(Cl)c(Br)c1)c1ccc(C(F)(F)F)cc1. The molecule has 0 aliphatic carbocycles. The van der Waals surface area contributed by atoms with Crippen molar-refractivity contribution in [2.75, 3.05) is 5.32 Å². The molecule has 0 heterocycles. The third-order valence-corrected chi connectivity index (χ3v) is 3.87. The Labute approximate surface area is 132 Å². The fraction of sp³-hybridized carbons (Fsp3) is 0.0714. The van der Waals surface area contributed by atoms with E-state index in [9.17, 15) is 18.0 Å². The van der Waals surface area contributed by atoms with Gasteiger partial charge in [0, 0.05) is 15.7 Å². The van der Waals surface area contributed by atoms with E-state index >= 15 is 0 Å². The Hall–Kier alpha value is -1.53. The second kappa shape index (κ2) is 6.07. The van der Waals surface area contributed by atoms with Crippen molar-refractivity contribution >= 4 is 39.1 Å². The van der Waals surface area contributed by atoms with Gasteiger partial charge in [-0.1, -0.05) is 11.6 Å². The first-order valence-corrected chi connectivity index (χ1v) is 6.88. The molecule has 0 saturated carbocycles. The van der Waals surface area contributed by atoms with Crippen LogP contribution in [0.5, 0.6) is 0 Å². The highest BCUT2D eigenvalue weighted by Crippen LogP contribution is 2.29. The van der Waals surface area contributed by atoms with Crippen LogP contribution in [0.3, 0.4) is 0 Å². The number of anilines is 1. The van der Waals surface area contributed by atoms with Crippen molar-refractivity contribution in [2.24, 2.45) is 0 Å². The lowest BCUT2D eigenvalue weighted by atomic mass is 10.1. The van der Waals surface area contributed by atoms with Gasteiger partial charge in [0.2, 0.25) is 0 Å². The summed E-state index contributed by atoms with van der Waals surface area (Å²) in [6.45, 7) is 0. The minimum Gasteiger partial charge on any atom is -0.322 e. The third-order valence-electron chi connectivity index (χ3n) is 2.65. The largest absolute Gasteiger partial charge is 0.416 e. The Kier molecular flexibility index (Phi) is 4.58. The van der Waals surface area contributed by atoms with Gasteiger partial charge < -0.3 is 5.32 Å². The Morgan fingerprint density at radius 3 is 2.24 bits per heavy atom. The Balaban J connectivity index is 2.15. The Morgan fingerprint density at radius 2 is 1.71 bits per heavy atom. The molecule has 21 heavy (non-hydrogen) atoms. The monoisotopic (exact) mass is 377 g/mol. The average Bonchev–Trinajstić information content (AvgIpc) is 2.42. The van der Waals surface area contributed by atoms with E-state index in [-0.39, 0.29) is 5.56 Å². The summed E-state index contributed by atoms with van der Waals surface area (Å²) < 4.78 is 37.9. The molecule has 0 saturated heterocycles. The molecule has 1 amide bonds. The zero-order valence-electron chi connectivity index (χ0n) is 10.3. The molecule has 2 aromatic carbocycles. The lowest BCUT2D eigenvalue weighted by Crippen LogP contribution is -2.12. The van der Waals surface area contributed by atoms with Crippen LogP contribution >= 0.6 is 27.5 Å². The summed E-state index contributed by atoms with van der Waals surface area (Å²) >= 11 is 9.04. The molecule has 0 atom stereocenters. The number of hydrogen-bond acceptors (Lipinski definition) is 1. The maximum Gasteiger partial charge on any atom is 0.416 e. The molecule has 1 N–H and O–H groups in total. The molecule has 0 aromatic heterocycles. The summed E-state index contributed by atoms with van der Waals surface area (Å²) in [5.41, 5.74) is -0.182. The molecule has 2 nitrogen and oxygen atoms in total. The van der Waals surface area contributed by atoms with Crippen molar-refractivity contribution in [3.05, 3.63) is 63.1 Å². The first-order chi connectivity index (χ1) is 9.77. The molecule has 0 unspecified atom stereocenters. The van der Waals surface area contributed by atoms with E-state index in [4.69, 9.17) is 11.6 Å². The van der Waals surface area contributed by atoms with Crippen LogP contribution in [0.25, 0.3) is 0 Å². The van der Waals surface area contributed by atoms with Crippen LogP contribution in [-0.4, -0.2) is 5.91 Å². The smallest absolute Gasteiger partial charge is 0.322 e. The number of benzene rings is 2. The summed E-state index contributed by atoms with van der Waals surface area (Å²) in [5.74, 6) is -0.502. The highest BCUT2D eigenvalue weighted by Gasteiger charge is 2.30. The highest BCUT2D eigenvalue weighted by molar-refractivity contribution is 9.10. The van der Waals surface area contributed by atoms with Crippen molar-refractivity contribution in [1.29, 1.82) is 0 Å². The second-order valence-corrected chi connectivity index (χ2v) is 5.42. The molecule has 0 radical (unpaired) electrons. The van der Waals surface area contributed by atoms with Crippen LogP contribution in [0.4, 0.5) is 18.9 Å². The van der Waals surface area contributed by atoms with Gasteiger partial charge in [0.05, 0.1) is 10.6 Å². The van der Waals surface area contributed by atoms with E-state index in [1.807, 2.05) is 0 Å². The predicted octanol–water partition coefficient (Wildman–Crippen LogP) is 5.37. The second-order valence-electron chi connectivity index (χ2n) is 4.16. The van der Waals surface area contributed by atoms with Crippen LogP contribution in [-0.2, 0) is 6.18 Å². The maximum atomic E-state index is 12.4. The molecule has 0 aliphatic rings. The minimum atomic E-state index is -4.42. The molecule has 110 valence electrons. The quantitative estimate of drug-likeness (QED) is 0.747. The van der Waals surface area contributed by atoms with E-state index in [0.29, 0.717) is 15.2 Å². The number of carbonyl (C=O) groups excluding carboxylic acids is 1. The molecule has 2 rings (SSSR count). The number of nitrogens with one attached hydrogen (secondary N) is 1. The predicted molar refractivity (Wildman–Crippen MR) is 78.5 cm³/mol. The molecule has 7 heteroatoms. The summed E-state index contributed by atoms with van der Waals surface area (Å²) in [7, 11) is 0. The van der Waals surface area contributed by atoms with Crippen LogP contribution in [0.2, 0.25) is 5.02 Å². The summed E-state index contributed by atoms with van der Waals surface area (Å²) in [4.78, 5) is 11.9. The van der Waals surface area contributed by atoms with Gasteiger partial charge in [-0.25, -0.2) is 0 Å². The lowest BCUT2D eigenvalue weighted by Gasteiger charge is -2.09. The number of carbonyl (C=O) groups is 1. The molecular formula is C14H8BrClF3NO. The highest BCUT2D eigenvalue weighted by atomic mass is 79.9. The van der Waals surface area contributed by atoms with Crippen molar-refractivity contribution in [3.8, 4) is 0 Å². The molecule has 2 aromatic rings. The van der Waals surface area contributed by atoms with E-state index in [1.165, 1.54) is 0 Å². The van der Waals surface area contributed by atoms with Gasteiger partial charge in [0.15, 0.2) is 0 Å². The molecular weight excluding hydrogens is 371 g/mol. The molecule has 0 bridgehead atoms. The van der Waals surface area contributed by atoms with Crippen molar-refractivity contribution in [2.45, 2.75) is 6.18 Å². The summed E-state index contributed by atoms with van der Waals surface area (Å²) in [5, 5.41) is 3.06. The lowest BCUT2D eigenvalue weighted by molar-refractivity contribution is -0.137. The minimum absolute atomic E-state index is 0.133. The van der Waals surface area contributed by atoms with Crippen LogP contribution in [0.1, 0.15) is 15.9 Å². The average molecular weight is 379 g/mol. The molecule has 0 spiro atoms. The number of alkyl halides is 3.